The minimum Gasteiger partial charge on any atom is -0.337 e. The van der Waals surface area contributed by atoms with Crippen molar-refractivity contribution in [3.05, 3.63) is 21.3 Å². The van der Waals surface area contributed by atoms with Gasteiger partial charge in [0.05, 0.1) is 5.02 Å². The van der Waals surface area contributed by atoms with E-state index in [1.54, 1.807) is 0 Å². The molecule has 0 spiro atoms. The molecule has 6 heteroatoms. The number of nitrogens with zero attached hydrogens (tertiary/aromatic N) is 3. The summed E-state index contributed by atoms with van der Waals surface area (Å²) >= 11 is 7.55. The molecule has 2 aliphatic rings. The summed E-state index contributed by atoms with van der Waals surface area (Å²) in [5.41, 5.74) is 0. The van der Waals surface area contributed by atoms with E-state index in [-0.39, 0.29) is 5.91 Å². The second kappa shape index (κ2) is 7.30. The molecule has 0 N–H and O–H groups in total. The lowest BCUT2D eigenvalue weighted by atomic mass is 10.0. The standard InChI is InChI=1S/C16H24ClN3OS/c1-18-8-3-13(4-9-18)19-6-2-7-20(11-10-19)16(21)15-14(17)5-12-22-15/h5,12-13H,2-4,6-11H2,1H3. The van der Waals surface area contributed by atoms with E-state index in [9.17, 15) is 4.79 Å². The smallest absolute Gasteiger partial charge is 0.265 e. The van der Waals surface area contributed by atoms with Crippen LogP contribution in [0.4, 0.5) is 0 Å². The maximum absolute atomic E-state index is 12.6. The molecule has 22 heavy (non-hydrogen) atoms. The van der Waals surface area contributed by atoms with E-state index >= 15 is 0 Å². The van der Waals surface area contributed by atoms with Gasteiger partial charge < -0.3 is 9.80 Å². The maximum atomic E-state index is 12.6. The summed E-state index contributed by atoms with van der Waals surface area (Å²) in [7, 11) is 2.20. The van der Waals surface area contributed by atoms with Gasteiger partial charge in [0.15, 0.2) is 0 Å². The van der Waals surface area contributed by atoms with Crippen LogP contribution in [0.25, 0.3) is 0 Å². The van der Waals surface area contributed by atoms with Crippen molar-refractivity contribution in [2.45, 2.75) is 25.3 Å². The average Bonchev–Trinajstić information content (AvgIpc) is 2.80. The summed E-state index contributed by atoms with van der Waals surface area (Å²) in [5.74, 6) is 0.102. The highest BCUT2D eigenvalue weighted by Gasteiger charge is 2.27. The molecule has 0 unspecified atom stereocenters. The van der Waals surface area contributed by atoms with E-state index in [0.29, 0.717) is 15.9 Å². The van der Waals surface area contributed by atoms with Crippen LogP contribution in [0, 0.1) is 0 Å². The molecule has 122 valence electrons. The molecule has 0 bridgehead atoms. The summed E-state index contributed by atoms with van der Waals surface area (Å²) < 4.78 is 0. The van der Waals surface area contributed by atoms with Crippen LogP contribution in [-0.4, -0.2) is 73.0 Å². The first-order chi connectivity index (χ1) is 10.6. The molecule has 2 saturated heterocycles. The van der Waals surface area contributed by atoms with Gasteiger partial charge in [0.25, 0.3) is 5.91 Å². The number of thiophene rings is 1. The molecule has 2 aliphatic heterocycles. The molecule has 3 rings (SSSR count). The van der Waals surface area contributed by atoms with Gasteiger partial charge >= 0.3 is 0 Å². The predicted octanol–water partition coefficient (Wildman–Crippen LogP) is 2.64. The fourth-order valence-corrected chi connectivity index (χ4v) is 4.56. The summed E-state index contributed by atoms with van der Waals surface area (Å²) in [5, 5.41) is 2.48. The fourth-order valence-electron chi connectivity index (χ4n) is 3.46. The first-order valence-electron chi connectivity index (χ1n) is 8.10. The summed E-state index contributed by atoms with van der Waals surface area (Å²) in [4.78, 5) is 20.3. The fraction of sp³-hybridized carbons (Fsp3) is 0.688. The molecular formula is C16H24ClN3OS. The third-order valence-electron chi connectivity index (χ3n) is 4.83. The molecule has 0 radical (unpaired) electrons. The Labute approximate surface area is 141 Å². The minimum absolute atomic E-state index is 0.102. The van der Waals surface area contributed by atoms with Crippen LogP contribution in [-0.2, 0) is 0 Å². The van der Waals surface area contributed by atoms with E-state index in [1.807, 2.05) is 16.3 Å². The van der Waals surface area contributed by atoms with Gasteiger partial charge in [-0.15, -0.1) is 11.3 Å². The molecule has 2 fully saturated rings. The normalized spacial score (nSPS) is 22.7. The van der Waals surface area contributed by atoms with Gasteiger partial charge in [0, 0.05) is 32.2 Å². The van der Waals surface area contributed by atoms with Crippen molar-refractivity contribution >= 4 is 28.8 Å². The van der Waals surface area contributed by atoms with Gasteiger partial charge in [-0.25, -0.2) is 0 Å². The van der Waals surface area contributed by atoms with Gasteiger partial charge in [0.1, 0.15) is 4.88 Å². The van der Waals surface area contributed by atoms with Crippen LogP contribution in [0.3, 0.4) is 0 Å². The molecule has 0 saturated carbocycles. The van der Waals surface area contributed by atoms with E-state index < -0.39 is 0 Å². The van der Waals surface area contributed by atoms with Crippen molar-refractivity contribution in [2.75, 3.05) is 46.3 Å². The quantitative estimate of drug-likeness (QED) is 0.827. The first-order valence-corrected chi connectivity index (χ1v) is 9.36. The minimum atomic E-state index is 0.102. The number of hydrogen-bond acceptors (Lipinski definition) is 4. The Morgan fingerprint density at radius 2 is 1.95 bits per heavy atom. The van der Waals surface area contributed by atoms with E-state index in [4.69, 9.17) is 11.6 Å². The van der Waals surface area contributed by atoms with Crippen molar-refractivity contribution in [2.24, 2.45) is 0 Å². The average molecular weight is 342 g/mol. The van der Waals surface area contributed by atoms with Crippen LogP contribution in [0.2, 0.25) is 5.02 Å². The summed E-state index contributed by atoms with van der Waals surface area (Å²) in [6.45, 7) is 6.14. The second-order valence-electron chi connectivity index (χ2n) is 6.31. The van der Waals surface area contributed by atoms with Crippen molar-refractivity contribution in [3.8, 4) is 0 Å². The molecule has 1 aromatic heterocycles. The second-order valence-corrected chi connectivity index (χ2v) is 7.64. The molecule has 0 aliphatic carbocycles. The number of piperidine rings is 1. The molecule has 1 aromatic rings. The zero-order valence-corrected chi connectivity index (χ0v) is 14.7. The predicted molar refractivity (Wildman–Crippen MR) is 91.9 cm³/mol. The van der Waals surface area contributed by atoms with Gasteiger partial charge in [-0.2, -0.15) is 0 Å². The Balaban J connectivity index is 1.58. The molecule has 0 aromatic carbocycles. The number of halogens is 1. The van der Waals surface area contributed by atoms with Crippen molar-refractivity contribution in [1.82, 2.24) is 14.7 Å². The van der Waals surface area contributed by atoms with Gasteiger partial charge in [-0.3, -0.25) is 9.69 Å². The zero-order valence-electron chi connectivity index (χ0n) is 13.1. The Morgan fingerprint density at radius 1 is 1.18 bits per heavy atom. The third-order valence-corrected chi connectivity index (χ3v) is 6.16. The van der Waals surface area contributed by atoms with Crippen LogP contribution in [0.15, 0.2) is 11.4 Å². The summed E-state index contributed by atoms with van der Waals surface area (Å²) in [6.07, 6.45) is 3.56. The van der Waals surface area contributed by atoms with Crippen LogP contribution in [0.5, 0.6) is 0 Å². The number of likely N-dealkylation sites (tertiary alicyclic amines) is 1. The lowest BCUT2D eigenvalue weighted by molar-refractivity contribution is 0.0755. The number of carbonyl (C=O) groups is 1. The van der Waals surface area contributed by atoms with E-state index in [1.165, 1.54) is 37.3 Å². The van der Waals surface area contributed by atoms with Crippen molar-refractivity contribution in [3.63, 3.8) is 0 Å². The molecule has 0 atom stereocenters. The maximum Gasteiger partial charge on any atom is 0.265 e. The topological polar surface area (TPSA) is 26.8 Å². The van der Waals surface area contributed by atoms with Gasteiger partial charge in [-0.1, -0.05) is 11.6 Å². The van der Waals surface area contributed by atoms with Crippen LogP contribution < -0.4 is 0 Å². The lowest BCUT2D eigenvalue weighted by Crippen LogP contribution is -2.45. The molecule has 3 heterocycles. The number of amides is 1. The summed E-state index contributed by atoms with van der Waals surface area (Å²) in [6, 6.07) is 2.50. The van der Waals surface area contributed by atoms with Crippen LogP contribution in [0.1, 0.15) is 28.9 Å². The Hall–Kier alpha value is -0.620. The zero-order chi connectivity index (χ0) is 15.5. The van der Waals surface area contributed by atoms with Crippen LogP contribution >= 0.6 is 22.9 Å². The number of hydrogen-bond donors (Lipinski definition) is 0. The largest absolute Gasteiger partial charge is 0.337 e. The number of carbonyl (C=O) groups excluding carboxylic acids is 1. The molecule has 1 amide bonds. The third kappa shape index (κ3) is 3.65. The van der Waals surface area contributed by atoms with Crippen molar-refractivity contribution in [1.29, 1.82) is 0 Å². The molecular weight excluding hydrogens is 318 g/mol. The van der Waals surface area contributed by atoms with E-state index in [2.05, 4.69) is 16.8 Å². The Kier molecular flexibility index (Phi) is 5.39. The first kappa shape index (κ1) is 16.2. The lowest BCUT2D eigenvalue weighted by Gasteiger charge is -2.36. The SMILES string of the molecule is CN1CCC(N2CCCN(C(=O)c3sccc3Cl)CC2)CC1. The highest BCUT2D eigenvalue weighted by molar-refractivity contribution is 7.12. The van der Waals surface area contributed by atoms with E-state index in [0.717, 1.165) is 32.6 Å². The Morgan fingerprint density at radius 3 is 2.64 bits per heavy atom. The monoisotopic (exact) mass is 341 g/mol. The van der Waals surface area contributed by atoms with Crippen molar-refractivity contribution < 1.29 is 4.79 Å². The van der Waals surface area contributed by atoms with Gasteiger partial charge in [0.2, 0.25) is 0 Å². The highest BCUT2D eigenvalue weighted by Crippen LogP contribution is 2.25. The van der Waals surface area contributed by atoms with Gasteiger partial charge in [-0.05, 0) is 50.8 Å². The molecule has 4 nitrogen and oxygen atoms in total. The number of rotatable bonds is 2. The Bertz CT molecular complexity index is 513. The highest BCUT2D eigenvalue weighted by atomic mass is 35.5.